The fraction of sp³-hybridized carbons (Fsp3) is 0.308. The highest BCUT2D eigenvalue weighted by atomic mass is 19.1. The second-order valence-corrected chi connectivity index (χ2v) is 4.17. The second-order valence-electron chi connectivity index (χ2n) is 4.17. The Morgan fingerprint density at radius 2 is 2.05 bits per heavy atom. The van der Waals surface area contributed by atoms with Crippen molar-refractivity contribution in [2.75, 3.05) is 25.6 Å². The quantitative estimate of drug-likeness (QED) is 0.769. The maximum Gasteiger partial charge on any atom is 0.274 e. The molecule has 0 atom stereocenters. The Morgan fingerprint density at radius 3 is 2.70 bits per heavy atom. The first kappa shape index (κ1) is 14.1. The van der Waals surface area contributed by atoms with Gasteiger partial charge in [-0.1, -0.05) is 12.1 Å². The fourth-order valence-corrected chi connectivity index (χ4v) is 1.62. The summed E-state index contributed by atoms with van der Waals surface area (Å²) >= 11 is 0. The van der Waals surface area contributed by atoms with Crippen LogP contribution < -0.4 is 10.9 Å². The number of benzene rings is 1. The van der Waals surface area contributed by atoms with Crippen molar-refractivity contribution in [1.29, 1.82) is 0 Å². The molecule has 0 saturated carbocycles. The van der Waals surface area contributed by atoms with Gasteiger partial charge in [0.05, 0.1) is 6.61 Å². The molecule has 0 radical (unpaired) electrons. The van der Waals surface area contributed by atoms with Gasteiger partial charge in [-0.25, -0.2) is 4.39 Å². The first-order chi connectivity index (χ1) is 9.69. The van der Waals surface area contributed by atoms with E-state index in [-0.39, 0.29) is 17.1 Å². The molecule has 0 spiro atoms. The van der Waals surface area contributed by atoms with E-state index in [0.29, 0.717) is 25.5 Å². The Labute approximate surface area is 115 Å². The van der Waals surface area contributed by atoms with E-state index in [9.17, 15) is 9.18 Å². The maximum absolute atomic E-state index is 12.8. The van der Waals surface area contributed by atoms with Gasteiger partial charge in [0.15, 0.2) is 0 Å². The van der Waals surface area contributed by atoms with Crippen LogP contribution in [0.15, 0.2) is 29.1 Å². The number of aromatic amines is 1. The number of halogens is 1. The number of aromatic nitrogens is 3. The van der Waals surface area contributed by atoms with Gasteiger partial charge >= 0.3 is 0 Å². The topological polar surface area (TPSA) is 79.9 Å². The van der Waals surface area contributed by atoms with Crippen molar-refractivity contribution < 1.29 is 9.13 Å². The predicted octanol–water partition coefficient (Wildman–Crippen LogP) is 0.953. The summed E-state index contributed by atoms with van der Waals surface area (Å²) in [7, 11) is 1.59. The Morgan fingerprint density at radius 1 is 1.30 bits per heavy atom. The van der Waals surface area contributed by atoms with Crippen LogP contribution in [0.3, 0.4) is 0 Å². The number of nitrogens with zero attached hydrogens (tertiary/aromatic N) is 2. The minimum atomic E-state index is -0.316. The second kappa shape index (κ2) is 6.76. The lowest BCUT2D eigenvalue weighted by Crippen LogP contribution is -2.21. The van der Waals surface area contributed by atoms with Crippen molar-refractivity contribution >= 4 is 5.95 Å². The molecule has 1 heterocycles. The molecule has 0 bridgehead atoms. The highest BCUT2D eigenvalue weighted by Crippen LogP contribution is 2.06. The molecule has 20 heavy (non-hydrogen) atoms. The summed E-state index contributed by atoms with van der Waals surface area (Å²) in [5.74, 6) is -0.0126. The Bertz CT molecular complexity index is 613. The van der Waals surface area contributed by atoms with Crippen LogP contribution in [0.1, 0.15) is 11.3 Å². The standard InChI is InChI=1S/C13H15FN4O2/c1-20-7-6-15-13-16-12(19)11(17-18-13)8-9-2-4-10(14)5-3-9/h2-5H,6-8H2,1H3,(H2,15,16,18,19). The molecular weight excluding hydrogens is 263 g/mol. The summed E-state index contributed by atoms with van der Waals surface area (Å²) in [5.41, 5.74) is 0.768. The minimum Gasteiger partial charge on any atom is -0.383 e. The first-order valence-corrected chi connectivity index (χ1v) is 6.12. The summed E-state index contributed by atoms with van der Waals surface area (Å²) in [4.78, 5) is 14.4. The van der Waals surface area contributed by atoms with Crippen LogP contribution in [0.2, 0.25) is 0 Å². The molecule has 0 fully saturated rings. The van der Waals surface area contributed by atoms with Gasteiger partial charge in [0.2, 0.25) is 5.95 Å². The number of anilines is 1. The smallest absolute Gasteiger partial charge is 0.274 e. The summed E-state index contributed by atoms with van der Waals surface area (Å²) in [6.07, 6.45) is 0.307. The van der Waals surface area contributed by atoms with Gasteiger partial charge in [-0.05, 0) is 17.7 Å². The molecule has 2 N–H and O–H groups in total. The Balaban J connectivity index is 2.06. The van der Waals surface area contributed by atoms with Crippen molar-refractivity contribution in [1.82, 2.24) is 15.2 Å². The van der Waals surface area contributed by atoms with Crippen molar-refractivity contribution in [3.63, 3.8) is 0 Å². The van der Waals surface area contributed by atoms with E-state index >= 15 is 0 Å². The molecule has 2 aromatic rings. The maximum atomic E-state index is 12.8. The minimum absolute atomic E-state index is 0.286. The van der Waals surface area contributed by atoms with Gasteiger partial charge in [0.25, 0.3) is 5.56 Å². The summed E-state index contributed by atoms with van der Waals surface area (Å²) < 4.78 is 17.7. The van der Waals surface area contributed by atoms with Crippen LogP contribution in [-0.2, 0) is 11.2 Å². The monoisotopic (exact) mass is 278 g/mol. The molecule has 0 saturated heterocycles. The zero-order chi connectivity index (χ0) is 14.4. The van der Waals surface area contributed by atoms with Crippen LogP contribution in [-0.4, -0.2) is 35.4 Å². The molecule has 0 unspecified atom stereocenters. The molecule has 0 amide bonds. The van der Waals surface area contributed by atoms with Crippen molar-refractivity contribution in [2.24, 2.45) is 0 Å². The molecular formula is C13H15FN4O2. The lowest BCUT2D eigenvalue weighted by molar-refractivity contribution is 0.210. The van der Waals surface area contributed by atoms with E-state index in [0.717, 1.165) is 5.56 Å². The van der Waals surface area contributed by atoms with Crippen LogP contribution >= 0.6 is 0 Å². The fourth-order valence-electron chi connectivity index (χ4n) is 1.62. The highest BCUT2D eigenvalue weighted by Gasteiger charge is 2.06. The molecule has 106 valence electrons. The van der Waals surface area contributed by atoms with E-state index in [4.69, 9.17) is 4.74 Å². The summed E-state index contributed by atoms with van der Waals surface area (Å²) in [5, 5.41) is 10.6. The van der Waals surface area contributed by atoms with Gasteiger partial charge in [-0.2, -0.15) is 0 Å². The molecule has 2 rings (SSSR count). The molecule has 1 aromatic heterocycles. The third-order valence-electron chi connectivity index (χ3n) is 2.65. The van der Waals surface area contributed by atoms with Crippen molar-refractivity contribution in [3.8, 4) is 0 Å². The lowest BCUT2D eigenvalue weighted by Gasteiger charge is -2.04. The van der Waals surface area contributed by atoms with E-state index in [2.05, 4.69) is 20.5 Å². The van der Waals surface area contributed by atoms with Crippen LogP contribution in [0.25, 0.3) is 0 Å². The van der Waals surface area contributed by atoms with E-state index in [1.165, 1.54) is 12.1 Å². The molecule has 0 aliphatic rings. The number of methoxy groups -OCH3 is 1. The Kier molecular flexibility index (Phi) is 4.78. The van der Waals surface area contributed by atoms with Gasteiger partial charge in [0.1, 0.15) is 11.5 Å². The van der Waals surface area contributed by atoms with Gasteiger partial charge < -0.3 is 10.1 Å². The Hall–Kier alpha value is -2.28. The lowest BCUT2D eigenvalue weighted by atomic mass is 10.1. The van der Waals surface area contributed by atoms with Gasteiger partial charge in [-0.3, -0.25) is 9.78 Å². The number of ether oxygens (including phenoxy) is 1. The molecule has 1 aromatic carbocycles. The third kappa shape index (κ3) is 3.86. The number of hydrogen-bond acceptors (Lipinski definition) is 5. The molecule has 7 heteroatoms. The highest BCUT2D eigenvalue weighted by molar-refractivity contribution is 5.24. The van der Waals surface area contributed by atoms with E-state index in [1.807, 2.05) is 0 Å². The predicted molar refractivity (Wildman–Crippen MR) is 72.2 cm³/mol. The van der Waals surface area contributed by atoms with E-state index < -0.39 is 0 Å². The van der Waals surface area contributed by atoms with Crippen molar-refractivity contribution in [2.45, 2.75) is 6.42 Å². The number of H-pyrrole nitrogens is 1. The zero-order valence-corrected chi connectivity index (χ0v) is 11.0. The van der Waals surface area contributed by atoms with Crippen molar-refractivity contribution in [3.05, 3.63) is 51.7 Å². The molecule has 0 aliphatic carbocycles. The molecule has 0 aliphatic heterocycles. The third-order valence-corrected chi connectivity index (χ3v) is 2.65. The van der Waals surface area contributed by atoms with Gasteiger partial charge in [-0.15, -0.1) is 10.2 Å². The largest absolute Gasteiger partial charge is 0.383 e. The van der Waals surface area contributed by atoms with Crippen LogP contribution in [0.4, 0.5) is 10.3 Å². The average Bonchev–Trinajstić information content (AvgIpc) is 2.44. The van der Waals surface area contributed by atoms with Gasteiger partial charge in [0, 0.05) is 20.1 Å². The number of rotatable bonds is 6. The summed E-state index contributed by atoms with van der Waals surface area (Å²) in [6.45, 7) is 1.03. The normalized spacial score (nSPS) is 10.5. The number of hydrogen-bond donors (Lipinski definition) is 2. The van der Waals surface area contributed by atoms with Crippen LogP contribution in [0, 0.1) is 5.82 Å². The zero-order valence-electron chi connectivity index (χ0n) is 11.0. The SMILES string of the molecule is COCCNc1nnc(Cc2ccc(F)cc2)c(=O)[nH]1. The first-order valence-electron chi connectivity index (χ1n) is 6.12. The number of nitrogens with one attached hydrogen (secondary N) is 2. The van der Waals surface area contributed by atoms with E-state index in [1.54, 1.807) is 19.2 Å². The average molecular weight is 278 g/mol. The summed E-state index contributed by atoms with van der Waals surface area (Å²) in [6, 6.07) is 5.91. The van der Waals surface area contributed by atoms with Crippen LogP contribution in [0.5, 0.6) is 0 Å². The molecule has 6 nitrogen and oxygen atoms in total.